The van der Waals surface area contributed by atoms with Gasteiger partial charge in [0, 0.05) is 11.3 Å². The lowest BCUT2D eigenvalue weighted by Crippen LogP contribution is -2.31. The maximum absolute atomic E-state index is 11.4. The van der Waals surface area contributed by atoms with Crippen molar-refractivity contribution >= 4 is 17.3 Å². The lowest BCUT2D eigenvalue weighted by atomic mass is 9.95. The molecule has 1 aromatic heterocycles. The van der Waals surface area contributed by atoms with E-state index in [1.54, 1.807) is 11.3 Å². The first-order valence-electron chi connectivity index (χ1n) is 5.25. The van der Waals surface area contributed by atoms with E-state index in [0.717, 1.165) is 6.42 Å². The van der Waals surface area contributed by atoms with Gasteiger partial charge in [0.15, 0.2) is 0 Å². The van der Waals surface area contributed by atoms with Crippen LogP contribution in [0.5, 0.6) is 0 Å². The molecule has 0 amide bonds. The molecule has 4 heteroatoms. The Labute approximate surface area is 100 Å². The van der Waals surface area contributed by atoms with Gasteiger partial charge in [-0.2, -0.15) is 0 Å². The van der Waals surface area contributed by atoms with Crippen LogP contribution in [0.1, 0.15) is 18.7 Å². The van der Waals surface area contributed by atoms with Crippen molar-refractivity contribution in [1.29, 1.82) is 0 Å². The van der Waals surface area contributed by atoms with Crippen LogP contribution >= 0.6 is 11.3 Å². The zero-order valence-electron chi connectivity index (χ0n) is 9.99. The smallest absolute Gasteiger partial charge is 0.313 e. The number of methoxy groups -OCH3 is 1. The van der Waals surface area contributed by atoms with Crippen molar-refractivity contribution in [3.63, 3.8) is 0 Å². The summed E-state index contributed by atoms with van der Waals surface area (Å²) in [6.07, 6.45) is 0.898. The van der Waals surface area contributed by atoms with Gasteiger partial charge in [0.2, 0.25) is 0 Å². The third kappa shape index (κ3) is 3.94. The van der Waals surface area contributed by atoms with Crippen LogP contribution < -0.4 is 0 Å². The molecule has 0 aromatic carbocycles. The summed E-state index contributed by atoms with van der Waals surface area (Å²) in [5.41, 5.74) is -0.565. The fourth-order valence-electron chi connectivity index (χ4n) is 1.29. The van der Waals surface area contributed by atoms with Crippen LogP contribution in [0, 0.1) is 5.41 Å². The van der Waals surface area contributed by atoms with Gasteiger partial charge in [-0.15, -0.1) is 11.3 Å². The molecule has 3 nitrogen and oxygen atoms in total. The average Bonchev–Trinajstić information content (AvgIpc) is 2.76. The lowest BCUT2D eigenvalue weighted by Gasteiger charge is -2.20. The minimum Gasteiger partial charge on any atom is -0.469 e. The first kappa shape index (κ1) is 13.2. The Hall–Kier alpha value is -0.870. The van der Waals surface area contributed by atoms with E-state index in [1.807, 2.05) is 25.3 Å². The predicted molar refractivity (Wildman–Crippen MR) is 64.6 cm³/mol. The number of esters is 1. The molecule has 0 unspecified atom stereocenters. The SMILES string of the molecule is COC(=O)C(C)(C)COCCc1cccs1. The van der Waals surface area contributed by atoms with Crippen LogP contribution in [0.4, 0.5) is 0 Å². The van der Waals surface area contributed by atoms with E-state index in [2.05, 4.69) is 6.07 Å². The third-order valence-corrected chi connectivity index (χ3v) is 3.21. The molecule has 0 aliphatic heterocycles. The molecule has 1 rings (SSSR count). The average molecular weight is 242 g/mol. The van der Waals surface area contributed by atoms with Gasteiger partial charge in [0.05, 0.1) is 25.7 Å². The van der Waals surface area contributed by atoms with Crippen molar-refractivity contribution in [3.8, 4) is 0 Å². The maximum atomic E-state index is 11.4. The van der Waals surface area contributed by atoms with Crippen molar-refractivity contribution in [2.45, 2.75) is 20.3 Å². The van der Waals surface area contributed by atoms with Crippen LogP contribution in [-0.4, -0.2) is 26.3 Å². The summed E-state index contributed by atoms with van der Waals surface area (Å²) in [4.78, 5) is 12.7. The molecule has 0 bridgehead atoms. The number of rotatable bonds is 6. The van der Waals surface area contributed by atoms with Crippen molar-refractivity contribution in [1.82, 2.24) is 0 Å². The molecule has 0 N–H and O–H groups in total. The highest BCUT2D eigenvalue weighted by Gasteiger charge is 2.28. The number of thiophene rings is 1. The van der Waals surface area contributed by atoms with Gasteiger partial charge in [0.1, 0.15) is 0 Å². The van der Waals surface area contributed by atoms with Crippen LogP contribution in [-0.2, 0) is 20.7 Å². The lowest BCUT2D eigenvalue weighted by molar-refractivity contribution is -0.154. The van der Waals surface area contributed by atoms with Crippen LogP contribution in [0.15, 0.2) is 17.5 Å². The summed E-state index contributed by atoms with van der Waals surface area (Å²) in [5.74, 6) is -0.233. The quantitative estimate of drug-likeness (QED) is 0.568. The molecule has 0 atom stereocenters. The zero-order chi connectivity index (χ0) is 12.0. The number of hydrogen-bond acceptors (Lipinski definition) is 4. The molecular weight excluding hydrogens is 224 g/mol. The van der Waals surface area contributed by atoms with Crippen LogP contribution in [0.2, 0.25) is 0 Å². The highest BCUT2D eigenvalue weighted by molar-refractivity contribution is 7.09. The van der Waals surface area contributed by atoms with E-state index < -0.39 is 5.41 Å². The fraction of sp³-hybridized carbons (Fsp3) is 0.583. The summed E-state index contributed by atoms with van der Waals surface area (Å²) in [6, 6.07) is 4.11. The normalized spacial score (nSPS) is 11.4. The van der Waals surface area contributed by atoms with Gasteiger partial charge in [-0.25, -0.2) is 0 Å². The third-order valence-electron chi connectivity index (χ3n) is 2.27. The summed E-state index contributed by atoms with van der Waals surface area (Å²) in [6.45, 7) is 4.68. The zero-order valence-corrected chi connectivity index (χ0v) is 10.8. The Morgan fingerprint density at radius 2 is 2.25 bits per heavy atom. The Bertz CT molecular complexity index is 317. The van der Waals surface area contributed by atoms with Crippen molar-refractivity contribution in [3.05, 3.63) is 22.4 Å². The molecule has 16 heavy (non-hydrogen) atoms. The summed E-state index contributed by atoms with van der Waals surface area (Å²) >= 11 is 1.72. The van der Waals surface area contributed by atoms with E-state index in [0.29, 0.717) is 13.2 Å². The molecule has 1 aromatic rings. The van der Waals surface area contributed by atoms with E-state index in [9.17, 15) is 4.79 Å². The highest BCUT2D eigenvalue weighted by atomic mass is 32.1. The molecule has 0 fully saturated rings. The van der Waals surface area contributed by atoms with E-state index in [-0.39, 0.29) is 5.97 Å². The first-order valence-corrected chi connectivity index (χ1v) is 6.13. The monoisotopic (exact) mass is 242 g/mol. The number of ether oxygens (including phenoxy) is 2. The first-order chi connectivity index (χ1) is 7.56. The van der Waals surface area contributed by atoms with Crippen LogP contribution in [0.25, 0.3) is 0 Å². The molecule has 0 radical (unpaired) electrons. The molecule has 0 saturated carbocycles. The molecule has 0 spiro atoms. The summed E-state index contributed by atoms with van der Waals surface area (Å²) in [7, 11) is 1.40. The summed E-state index contributed by atoms with van der Waals surface area (Å²) in [5, 5.41) is 2.05. The molecule has 0 saturated heterocycles. The second kappa shape index (κ2) is 6.01. The van der Waals surface area contributed by atoms with Gasteiger partial charge >= 0.3 is 5.97 Å². The van der Waals surface area contributed by atoms with Gasteiger partial charge in [0.25, 0.3) is 0 Å². The molecule has 0 aliphatic carbocycles. The number of carbonyl (C=O) groups excluding carboxylic acids is 1. The Morgan fingerprint density at radius 3 is 2.81 bits per heavy atom. The topological polar surface area (TPSA) is 35.5 Å². The van der Waals surface area contributed by atoms with E-state index in [4.69, 9.17) is 9.47 Å². The Balaban J connectivity index is 2.22. The van der Waals surface area contributed by atoms with Crippen molar-refractivity contribution in [2.75, 3.05) is 20.3 Å². The molecule has 90 valence electrons. The highest BCUT2D eigenvalue weighted by Crippen LogP contribution is 2.17. The van der Waals surface area contributed by atoms with E-state index in [1.165, 1.54) is 12.0 Å². The van der Waals surface area contributed by atoms with Crippen LogP contribution in [0.3, 0.4) is 0 Å². The molecule has 1 heterocycles. The predicted octanol–water partition coefficient (Wildman–Crippen LogP) is 2.51. The van der Waals surface area contributed by atoms with E-state index >= 15 is 0 Å². The molecular formula is C12H18O3S. The maximum Gasteiger partial charge on any atom is 0.313 e. The standard InChI is InChI=1S/C12H18O3S/c1-12(2,11(13)14-3)9-15-7-6-10-5-4-8-16-10/h4-5,8H,6-7,9H2,1-3H3. The van der Waals surface area contributed by atoms with Gasteiger partial charge < -0.3 is 9.47 Å². The molecule has 0 aliphatic rings. The number of hydrogen-bond donors (Lipinski definition) is 0. The summed E-state index contributed by atoms with van der Waals surface area (Å²) < 4.78 is 10.2. The van der Waals surface area contributed by atoms with Gasteiger partial charge in [-0.3, -0.25) is 4.79 Å². The Morgan fingerprint density at radius 1 is 1.50 bits per heavy atom. The van der Waals surface area contributed by atoms with Crippen molar-refractivity contribution in [2.24, 2.45) is 5.41 Å². The second-order valence-electron chi connectivity index (χ2n) is 4.26. The Kier molecular flexibility index (Phi) is 4.96. The minimum absolute atomic E-state index is 0.233. The second-order valence-corrected chi connectivity index (χ2v) is 5.29. The number of carbonyl (C=O) groups is 1. The largest absolute Gasteiger partial charge is 0.469 e. The minimum atomic E-state index is -0.565. The van der Waals surface area contributed by atoms with Crippen molar-refractivity contribution < 1.29 is 14.3 Å². The van der Waals surface area contributed by atoms with Gasteiger partial charge in [-0.05, 0) is 25.3 Å². The van der Waals surface area contributed by atoms with Gasteiger partial charge in [-0.1, -0.05) is 6.07 Å². The fourth-order valence-corrected chi connectivity index (χ4v) is 1.98.